The van der Waals surface area contributed by atoms with E-state index in [1.54, 1.807) is 7.11 Å². The van der Waals surface area contributed by atoms with Crippen LogP contribution in [0, 0.1) is 0 Å². The highest BCUT2D eigenvalue weighted by molar-refractivity contribution is 5.76. The third-order valence-electron chi connectivity index (χ3n) is 2.34. The molecule has 1 N–H and O–H groups in total. The van der Waals surface area contributed by atoms with Crippen LogP contribution >= 0.6 is 0 Å². The zero-order valence-corrected chi connectivity index (χ0v) is 11.6. The summed E-state index contributed by atoms with van der Waals surface area (Å²) in [7, 11) is 3.01. The van der Waals surface area contributed by atoms with Crippen LogP contribution in [0.2, 0.25) is 0 Å². The summed E-state index contributed by atoms with van der Waals surface area (Å²) in [4.78, 5) is 21.5. The number of hydrogen-bond donors (Lipinski definition) is 1. The highest BCUT2D eigenvalue weighted by Crippen LogP contribution is 2.06. The van der Waals surface area contributed by atoms with Crippen molar-refractivity contribution in [3.05, 3.63) is 0 Å². The molecule has 2 atom stereocenters. The average Bonchev–Trinajstić information content (AvgIpc) is 2.39. The molecule has 0 aliphatic rings. The van der Waals surface area contributed by atoms with E-state index in [9.17, 15) is 9.59 Å². The van der Waals surface area contributed by atoms with Crippen molar-refractivity contribution in [1.29, 1.82) is 0 Å². The van der Waals surface area contributed by atoms with Gasteiger partial charge in [-0.25, -0.2) is 0 Å². The predicted octanol–water partition coefficient (Wildman–Crippen LogP) is 0.808. The van der Waals surface area contributed by atoms with Crippen molar-refractivity contribution in [2.24, 2.45) is 0 Å². The lowest BCUT2D eigenvalue weighted by Gasteiger charge is -2.22. The Bertz CT molecular complexity index is 267. The Morgan fingerprint density at radius 3 is 2.32 bits per heavy atom. The van der Waals surface area contributed by atoms with E-state index < -0.39 is 18.2 Å². The molecule has 112 valence electrons. The fourth-order valence-electron chi connectivity index (χ4n) is 1.26. The number of carboxylic acids is 1. The van der Waals surface area contributed by atoms with Gasteiger partial charge in [0.25, 0.3) is 0 Å². The Morgan fingerprint density at radius 2 is 1.84 bits per heavy atom. The second-order valence-electron chi connectivity index (χ2n) is 3.86. The van der Waals surface area contributed by atoms with Crippen LogP contribution in [-0.4, -0.2) is 56.9 Å². The van der Waals surface area contributed by atoms with Crippen LogP contribution < -0.4 is 0 Å². The van der Waals surface area contributed by atoms with E-state index in [2.05, 4.69) is 0 Å². The summed E-state index contributed by atoms with van der Waals surface area (Å²) < 4.78 is 20.4. The molecule has 0 aromatic rings. The van der Waals surface area contributed by atoms with Crippen molar-refractivity contribution >= 4 is 11.9 Å². The number of carboxylic acid groups (broad SMARTS) is 1. The number of hydrogen-bond acceptors (Lipinski definition) is 6. The highest BCUT2D eigenvalue weighted by Gasteiger charge is 2.17. The summed E-state index contributed by atoms with van der Waals surface area (Å²) in [6, 6.07) is 0. The van der Waals surface area contributed by atoms with Crippen molar-refractivity contribution in [1.82, 2.24) is 0 Å². The smallest absolute Gasteiger partial charge is 0.306 e. The number of esters is 1. The molecule has 2 unspecified atom stereocenters. The maximum absolute atomic E-state index is 11.2. The molecule has 0 radical (unpaired) electrons. The number of ether oxygens (including phenoxy) is 4. The van der Waals surface area contributed by atoms with Gasteiger partial charge in [-0.2, -0.15) is 0 Å². The number of carbonyl (C=O) groups is 2. The third-order valence-corrected chi connectivity index (χ3v) is 2.34. The van der Waals surface area contributed by atoms with Gasteiger partial charge in [0, 0.05) is 14.2 Å². The maximum atomic E-state index is 11.2. The average molecular weight is 278 g/mol. The molecule has 0 aliphatic carbocycles. The normalized spacial score (nSPS) is 13.8. The first kappa shape index (κ1) is 17.8. The minimum absolute atomic E-state index is 0.0742. The first-order valence-electron chi connectivity index (χ1n) is 6.08. The second-order valence-corrected chi connectivity index (χ2v) is 3.86. The number of carbonyl (C=O) groups excluding carboxylic acids is 1. The molecular weight excluding hydrogens is 256 g/mol. The quantitative estimate of drug-likeness (QED) is 0.441. The molecule has 0 aliphatic heterocycles. The van der Waals surface area contributed by atoms with Crippen molar-refractivity contribution in [3.63, 3.8) is 0 Å². The van der Waals surface area contributed by atoms with E-state index in [1.807, 2.05) is 6.92 Å². The molecule has 0 aromatic heterocycles. The van der Waals surface area contributed by atoms with Gasteiger partial charge < -0.3 is 24.1 Å². The van der Waals surface area contributed by atoms with E-state index in [0.29, 0.717) is 6.61 Å². The Balaban J connectivity index is 3.97. The van der Waals surface area contributed by atoms with Crippen molar-refractivity contribution < 1.29 is 33.6 Å². The number of rotatable bonds is 11. The number of aliphatic carboxylic acids is 1. The van der Waals surface area contributed by atoms with Crippen LogP contribution in [0.25, 0.3) is 0 Å². The van der Waals surface area contributed by atoms with Gasteiger partial charge in [0.15, 0.2) is 6.29 Å². The van der Waals surface area contributed by atoms with E-state index >= 15 is 0 Å². The van der Waals surface area contributed by atoms with Crippen LogP contribution in [0.3, 0.4) is 0 Å². The van der Waals surface area contributed by atoms with E-state index in [0.717, 1.165) is 6.42 Å². The lowest BCUT2D eigenvalue weighted by atomic mass is 10.3. The topological polar surface area (TPSA) is 91.3 Å². The summed E-state index contributed by atoms with van der Waals surface area (Å²) in [5.74, 6) is -1.63. The maximum Gasteiger partial charge on any atom is 0.306 e. The van der Waals surface area contributed by atoms with Gasteiger partial charge in [-0.1, -0.05) is 6.92 Å². The van der Waals surface area contributed by atoms with Crippen LogP contribution in [0.1, 0.15) is 26.2 Å². The zero-order valence-electron chi connectivity index (χ0n) is 11.6. The molecule has 0 spiro atoms. The van der Waals surface area contributed by atoms with Crippen molar-refractivity contribution in [3.8, 4) is 0 Å². The molecule has 0 heterocycles. The largest absolute Gasteiger partial charge is 0.481 e. The molecule has 0 fully saturated rings. The lowest BCUT2D eigenvalue weighted by molar-refractivity contribution is -0.196. The van der Waals surface area contributed by atoms with Crippen LogP contribution in [-0.2, 0) is 28.5 Å². The van der Waals surface area contributed by atoms with E-state index in [-0.39, 0.29) is 25.6 Å². The summed E-state index contributed by atoms with van der Waals surface area (Å²) >= 11 is 0. The number of methoxy groups -OCH3 is 2. The Kier molecular flexibility index (Phi) is 10.1. The summed E-state index contributed by atoms with van der Waals surface area (Å²) in [6.07, 6.45) is -0.512. The molecule has 0 bridgehead atoms. The molecule has 0 aromatic carbocycles. The molecule has 0 rings (SSSR count). The Labute approximate surface area is 112 Å². The standard InChI is InChI=1S/C12H22O7/c1-4-9(7-16-2)19-12(17-3)8-18-11(15)6-5-10(13)14/h9,12H,4-8H2,1-3H3,(H,13,14). The fourth-order valence-corrected chi connectivity index (χ4v) is 1.26. The predicted molar refractivity (Wildman–Crippen MR) is 65.7 cm³/mol. The summed E-state index contributed by atoms with van der Waals surface area (Å²) in [5, 5.41) is 8.42. The zero-order chi connectivity index (χ0) is 14.7. The minimum Gasteiger partial charge on any atom is -0.481 e. The van der Waals surface area contributed by atoms with Gasteiger partial charge >= 0.3 is 11.9 Å². The molecule has 19 heavy (non-hydrogen) atoms. The second kappa shape index (κ2) is 10.7. The third kappa shape index (κ3) is 9.40. The van der Waals surface area contributed by atoms with Gasteiger partial charge in [0.2, 0.25) is 0 Å². The van der Waals surface area contributed by atoms with E-state index in [1.165, 1.54) is 7.11 Å². The van der Waals surface area contributed by atoms with Crippen molar-refractivity contribution in [2.45, 2.75) is 38.6 Å². The van der Waals surface area contributed by atoms with Gasteiger partial charge in [-0.15, -0.1) is 0 Å². The molecule has 7 heteroatoms. The first-order chi connectivity index (χ1) is 9.03. The summed E-state index contributed by atoms with van der Waals surface area (Å²) in [5.41, 5.74) is 0. The van der Waals surface area contributed by atoms with Gasteiger partial charge in [0.1, 0.15) is 6.61 Å². The highest BCUT2D eigenvalue weighted by atomic mass is 16.7. The first-order valence-corrected chi connectivity index (χ1v) is 6.08. The van der Waals surface area contributed by atoms with Gasteiger partial charge in [0.05, 0.1) is 25.6 Å². The SMILES string of the molecule is CCC(COC)OC(COC(=O)CCC(=O)O)OC. The monoisotopic (exact) mass is 278 g/mol. The van der Waals surface area contributed by atoms with Crippen LogP contribution in [0.5, 0.6) is 0 Å². The lowest BCUT2D eigenvalue weighted by Crippen LogP contribution is -2.31. The molecule has 7 nitrogen and oxygen atoms in total. The Hall–Kier alpha value is -1.18. The van der Waals surface area contributed by atoms with Crippen LogP contribution in [0.15, 0.2) is 0 Å². The van der Waals surface area contributed by atoms with Gasteiger partial charge in [-0.05, 0) is 6.42 Å². The van der Waals surface area contributed by atoms with Gasteiger partial charge in [-0.3, -0.25) is 9.59 Å². The van der Waals surface area contributed by atoms with Crippen molar-refractivity contribution in [2.75, 3.05) is 27.4 Å². The Morgan fingerprint density at radius 1 is 1.16 bits per heavy atom. The molecule has 0 amide bonds. The molecule has 0 saturated heterocycles. The fraction of sp³-hybridized carbons (Fsp3) is 0.833. The molecule has 0 saturated carbocycles. The van der Waals surface area contributed by atoms with Crippen LogP contribution in [0.4, 0.5) is 0 Å². The molecular formula is C12H22O7. The van der Waals surface area contributed by atoms with E-state index in [4.69, 9.17) is 24.1 Å². The minimum atomic E-state index is -1.04. The summed E-state index contributed by atoms with van der Waals surface area (Å²) in [6.45, 7) is 2.29.